The lowest BCUT2D eigenvalue weighted by atomic mass is 9.79. The average Bonchev–Trinajstić information content (AvgIpc) is 3.18. The molecule has 0 saturated carbocycles. The number of carbonyl (C=O) groups is 1. The van der Waals surface area contributed by atoms with Crippen LogP contribution < -0.4 is 15.1 Å². The predicted octanol–water partition coefficient (Wildman–Crippen LogP) is 6.37. The lowest BCUT2D eigenvalue weighted by Gasteiger charge is -2.47. The van der Waals surface area contributed by atoms with Gasteiger partial charge >= 0.3 is 0 Å². The molecule has 36 heavy (non-hydrogen) atoms. The lowest BCUT2D eigenvalue weighted by molar-refractivity contribution is 0.0955. The molecule has 1 unspecified atom stereocenters. The van der Waals surface area contributed by atoms with Gasteiger partial charge < -0.3 is 14.2 Å². The molecule has 0 radical (unpaired) electrons. The fourth-order valence-corrected chi connectivity index (χ4v) is 5.51. The third kappa shape index (κ3) is 4.90. The summed E-state index contributed by atoms with van der Waals surface area (Å²) in [7, 11) is 1.68. The van der Waals surface area contributed by atoms with Gasteiger partial charge in [0.15, 0.2) is 0 Å². The summed E-state index contributed by atoms with van der Waals surface area (Å²) >= 11 is 0. The van der Waals surface area contributed by atoms with Crippen molar-refractivity contribution in [3.05, 3.63) is 76.6 Å². The lowest BCUT2D eigenvalue weighted by Crippen LogP contribution is -2.48. The van der Waals surface area contributed by atoms with Crippen molar-refractivity contribution in [3.63, 3.8) is 0 Å². The van der Waals surface area contributed by atoms with E-state index in [0.717, 1.165) is 47.8 Å². The van der Waals surface area contributed by atoms with E-state index >= 15 is 0 Å². The molecule has 0 fully saturated rings. The average molecular weight is 487 g/mol. The van der Waals surface area contributed by atoms with E-state index in [1.54, 1.807) is 13.3 Å². The number of ether oxygens (including phenoxy) is 1. The molecule has 1 atom stereocenters. The van der Waals surface area contributed by atoms with Gasteiger partial charge in [-0.2, -0.15) is 5.10 Å². The molecule has 1 N–H and O–H groups in total. The zero-order valence-corrected chi connectivity index (χ0v) is 22.6. The Morgan fingerprint density at radius 1 is 1.14 bits per heavy atom. The Labute approximate surface area is 215 Å². The molecule has 2 heterocycles. The molecule has 0 saturated heterocycles. The summed E-state index contributed by atoms with van der Waals surface area (Å²) in [6.07, 6.45) is 3.84. The van der Waals surface area contributed by atoms with Crippen LogP contribution >= 0.6 is 0 Å². The maximum absolute atomic E-state index is 12.7. The number of hydrogen-bond acceptors (Lipinski definition) is 4. The summed E-state index contributed by atoms with van der Waals surface area (Å²) in [6.45, 7) is 14.3. The largest absolute Gasteiger partial charge is 0.496 e. The number of aromatic nitrogens is 1. The highest BCUT2D eigenvalue weighted by Crippen LogP contribution is 2.45. The second-order valence-electron chi connectivity index (χ2n) is 10.4. The first-order valence-electron chi connectivity index (χ1n) is 12.7. The van der Waals surface area contributed by atoms with Gasteiger partial charge in [-0.25, -0.2) is 5.43 Å². The Balaban J connectivity index is 1.53. The first-order chi connectivity index (χ1) is 17.2. The number of nitrogens with one attached hydrogen (secondary N) is 1. The van der Waals surface area contributed by atoms with E-state index in [9.17, 15) is 4.79 Å². The quantitative estimate of drug-likeness (QED) is 0.312. The molecule has 1 aliphatic heterocycles. The number of hydrazone groups is 1. The van der Waals surface area contributed by atoms with Crippen molar-refractivity contribution in [1.29, 1.82) is 0 Å². The van der Waals surface area contributed by atoms with Gasteiger partial charge in [0, 0.05) is 52.0 Å². The maximum Gasteiger partial charge on any atom is 0.271 e. The van der Waals surface area contributed by atoms with E-state index < -0.39 is 0 Å². The molecule has 4 rings (SSSR count). The maximum atomic E-state index is 12.7. The third-order valence-electron chi connectivity index (χ3n) is 7.21. The fraction of sp³-hybridized carbons (Fsp3) is 0.400. The Hall–Kier alpha value is -3.54. The normalized spacial score (nSPS) is 16.8. The van der Waals surface area contributed by atoms with Crippen molar-refractivity contribution >= 4 is 17.8 Å². The summed E-state index contributed by atoms with van der Waals surface area (Å²) in [6, 6.07) is 16.0. The van der Waals surface area contributed by atoms with Crippen molar-refractivity contribution in [2.45, 2.75) is 65.8 Å². The van der Waals surface area contributed by atoms with Gasteiger partial charge in [0.05, 0.1) is 13.3 Å². The van der Waals surface area contributed by atoms with Crippen LogP contribution in [-0.4, -0.2) is 35.9 Å². The van der Waals surface area contributed by atoms with E-state index in [4.69, 9.17) is 4.74 Å². The highest BCUT2D eigenvalue weighted by Gasteiger charge is 2.36. The van der Waals surface area contributed by atoms with Crippen LogP contribution in [0, 0.1) is 13.8 Å². The number of aryl methyl sites for hydroxylation is 2. The molecule has 1 amide bonds. The highest BCUT2D eigenvalue weighted by molar-refractivity contribution is 5.95. The molecule has 3 aromatic rings. The Morgan fingerprint density at radius 3 is 2.42 bits per heavy atom. The van der Waals surface area contributed by atoms with Crippen molar-refractivity contribution in [2.24, 2.45) is 5.10 Å². The standard InChI is InChI=1S/C30H38N4O2/c1-8-15-33-27-17-28(36-7)24(16-26(27)20(2)18-30(33,5)6)19-31-32-29(35)23-11-13-25(14-12-23)34-21(3)9-10-22(34)4/h9-14,16-17,19-20H,8,15,18H2,1-7H3,(H,32,35)/b31-19-. The van der Waals surface area contributed by atoms with E-state index in [1.807, 2.05) is 24.3 Å². The number of hydrogen-bond donors (Lipinski definition) is 1. The summed E-state index contributed by atoms with van der Waals surface area (Å²) in [5.41, 5.74) is 10.0. The number of fused-ring (bicyclic) bond motifs is 1. The summed E-state index contributed by atoms with van der Waals surface area (Å²) in [4.78, 5) is 15.2. The van der Waals surface area contributed by atoms with Gasteiger partial charge in [0.25, 0.3) is 5.91 Å². The van der Waals surface area contributed by atoms with Crippen molar-refractivity contribution in [2.75, 3.05) is 18.6 Å². The van der Waals surface area contributed by atoms with Gasteiger partial charge in [0.1, 0.15) is 5.75 Å². The molecule has 190 valence electrons. The molecular weight excluding hydrogens is 448 g/mol. The SMILES string of the molecule is CCCN1c2cc(OC)c(/C=N\NC(=O)c3ccc(-n4c(C)ccc4C)cc3)cc2C(C)CC1(C)C. The van der Waals surface area contributed by atoms with Gasteiger partial charge in [-0.3, -0.25) is 4.79 Å². The number of nitrogens with zero attached hydrogens (tertiary/aromatic N) is 3. The Kier molecular flexibility index (Phi) is 7.25. The molecule has 0 spiro atoms. The molecule has 6 heteroatoms. The van der Waals surface area contributed by atoms with Crippen LogP contribution in [0.15, 0.2) is 53.6 Å². The zero-order chi connectivity index (χ0) is 26.0. The van der Waals surface area contributed by atoms with Crippen molar-refractivity contribution in [1.82, 2.24) is 9.99 Å². The molecule has 1 aromatic heterocycles. The van der Waals surface area contributed by atoms with E-state index in [0.29, 0.717) is 11.5 Å². The fourth-order valence-electron chi connectivity index (χ4n) is 5.51. The topological polar surface area (TPSA) is 58.9 Å². The first kappa shape index (κ1) is 25.5. The minimum atomic E-state index is -0.250. The summed E-state index contributed by atoms with van der Waals surface area (Å²) in [5.74, 6) is 0.918. The molecular formula is C30H38N4O2. The van der Waals surface area contributed by atoms with Crippen LogP contribution in [0.25, 0.3) is 5.69 Å². The molecule has 1 aliphatic rings. The van der Waals surface area contributed by atoms with Gasteiger partial charge in [-0.1, -0.05) is 13.8 Å². The molecule has 0 aliphatic carbocycles. The Morgan fingerprint density at radius 2 is 1.81 bits per heavy atom. The van der Waals surface area contributed by atoms with E-state index in [-0.39, 0.29) is 11.4 Å². The summed E-state index contributed by atoms with van der Waals surface area (Å²) < 4.78 is 7.88. The van der Waals surface area contributed by atoms with E-state index in [2.05, 4.69) is 85.8 Å². The highest BCUT2D eigenvalue weighted by atomic mass is 16.5. The molecule has 2 aromatic carbocycles. The monoisotopic (exact) mass is 486 g/mol. The number of benzene rings is 2. The van der Waals surface area contributed by atoms with Gasteiger partial charge in [-0.05, 0) is 94.5 Å². The molecule has 6 nitrogen and oxygen atoms in total. The smallest absolute Gasteiger partial charge is 0.271 e. The van der Waals surface area contributed by atoms with Crippen LogP contribution in [0.4, 0.5) is 5.69 Å². The van der Waals surface area contributed by atoms with Crippen molar-refractivity contribution < 1.29 is 9.53 Å². The summed E-state index contributed by atoms with van der Waals surface area (Å²) in [5, 5.41) is 4.26. The Bertz CT molecular complexity index is 1250. The number of carbonyl (C=O) groups excluding carboxylic acids is 1. The van der Waals surface area contributed by atoms with Gasteiger partial charge in [-0.15, -0.1) is 0 Å². The predicted molar refractivity (Wildman–Crippen MR) is 148 cm³/mol. The number of methoxy groups -OCH3 is 1. The minimum Gasteiger partial charge on any atom is -0.496 e. The van der Waals surface area contributed by atoms with E-state index in [1.165, 1.54) is 11.3 Å². The van der Waals surface area contributed by atoms with Crippen LogP contribution in [0.5, 0.6) is 5.75 Å². The van der Waals surface area contributed by atoms with Gasteiger partial charge in [0.2, 0.25) is 0 Å². The van der Waals surface area contributed by atoms with Crippen LogP contribution in [0.2, 0.25) is 0 Å². The number of anilines is 1. The van der Waals surface area contributed by atoms with Crippen molar-refractivity contribution in [3.8, 4) is 11.4 Å². The minimum absolute atomic E-state index is 0.0886. The number of amides is 1. The third-order valence-corrected chi connectivity index (χ3v) is 7.21. The van der Waals surface area contributed by atoms with Crippen LogP contribution in [0.1, 0.15) is 79.3 Å². The molecule has 0 bridgehead atoms. The second-order valence-corrected chi connectivity index (χ2v) is 10.4. The number of rotatable bonds is 7. The van der Waals surface area contributed by atoms with Crippen LogP contribution in [-0.2, 0) is 0 Å². The first-order valence-corrected chi connectivity index (χ1v) is 12.7. The second kappa shape index (κ2) is 10.2. The zero-order valence-electron chi connectivity index (χ0n) is 22.6. The van der Waals surface area contributed by atoms with Crippen LogP contribution in [0.3, 0.4) is 0 Å².